The number of carbonyl (C=O) groups excluding carboxylic acids is 2. The average Bonchev–Trinajstić information content (AvgIpc) is 3.06. The Morgan fingerprint density at radius 2 is 1.74 bits per heavy atom. The number of ether oxygens (including phenoxy) is 1. The predicted octanol–water partition coefficient (Wildman–Crippen LogP) is 5.37. The second kappa shape index (κ2) is 8.46. The van der Waals surface area contributed by atoms with Crippen LogP contribution in [0.3, 0.4) is 0 Å². The van der Waals surface area contributed by atoms with Gasteiger partial charge in [-0.3, -0.25) is 5.32 Å². The minimum atomic E-state index is -0.548. The summed E-state index contributed by atoms with van der Waals surface area (Å²) in [6, 6.07) is 14.3. The Labute approximate surface area is 159 Å². The Morgan fingerprint density at radius 1 is 1.04 bits per heavy atom. The van der Waals surface area contributed by atoms with Crippen molar-refractivity contribution in [3.05, 3.63) is 71.4 Å². The number of para-hydroxylation sites is 1. The summed E-state index contributed by atoms with van der Waals surface area (Å²) >= 11 is 1.20. The largest absolute Gasteiger partial charge is 0.462 e. The number of urea groups is 1. The maximum absolute atomic E-state index is 13.2. The van der Waals surface area contributed by atoms with Crippen LogP contribution in [0.1, 0.15) is 17.3 Å². The molecule has 0 spiro atoms. The SMILES string of the molecule is CCOC(=O)c1c(-c2ccc(F)cc2)csc1NC(=O)Nc1ccccc1. The summed E-state index contributed by atoms with van der Waals surface area (Å²) in [6.45, 7) is 1.91. The quantitative estimate of drug-likeness (QED) is 0.581. The number of benzene rings is 2. The highest BCUT2D eigenvalue weighted by atomic mass is 32.1. The van der Waals surface area contributed by atoms with Crippen molar-refractivity contribution >= 4 is 34.0 Å². The van der Waals surface area contributed by atoms with E-state index >= 15 is 0 Å². The van der Waals surface area contributed by atoms with Gasteiger partial charge in [-0.25, -0.2) is 14.0 Å². The lowest BCUT2D eigenvalue weighted by Crippen LogP contribution is -2.20. The Balaban J connectivity index is 1.89. The van der Waals surface area contributed by atoms with Gasteiger partial charge in [0.2, 0.25) is 0 Å². The Hall–Kier alpha value is -3.19. The van der Waals surface area contributed by atoms with Gasteiger partial charge in [0, 0.05) is 16.6 Å². The molecule has 0 radical (unpaired) electrons. The molecular formula is C20H17FN2O3S. The topological polar surface area (TPSA) is 67.4 Å². The van der Waals surface area contributed by atoms with E-state index in [2.05, 4.69) is 10.6 Å². The van der Waals surface area contributed by atoms with Gasteiger partial charge in [0.25, 0.3) is 0 Å². The fourth-order valence-corrected chi connectivity index (χ4v) is 3.44. The third-order valence-corrected chi connectivity index (χ3v) is 4.58. The van der Waals surface area contributed by atoms with Crippen molar-refractivity contribution in [3.8, 4) is 11.1 Å². The van der Waals surface area contributed by atoms with E-state index in [1.54, 1.807) is 48.7 Å². The predicted molar refractivity (Wildman–Crippen MR) is 105 cm³/mol. The number of rotatable bonds is 5. The van der Waals surface area contributed by atoms with Crippen LogP contribution in [-0.2, 0) is 4.74 Å². The third kappa shape index (κ3) is 4.51. The fourth-order valence-electron chi connectivity index (χ4n) is 2.48. The van der Waals surface area contributed by atoms with Crippen LogP contribution < -0.4 is 10.6 Å². The molecule has 3 rings (SSSR count). The van der Waals surface area contributed by atoms with Crippen LogP contribution in [0.5, 0.6) is 0 Å². The van der Waals surface area contributed by atoms with Crippen LogP contribution in [0.15, 0.2) is 60.0 Å². The van der Waals surface area contributed by atoms with E-state index in [0.717, 1.165) is 0 Å². The summed E-state index contributed by atoms with van der Waals surface area (Å²) in [5.74, 6) is -0.916. The Bertz CT molecular complexity index is 940. The minimum Gasteiger partial charge on any atom is -0.462 e. The van der Waals surface area contributed by atoms with Crippen LogP contribution in [0.2, 0.25) is 0 Å². The van der Waals surface area contributed by atoms with Crippen molar-refractivity contribution in [1.82, 2.24) is 0 Å². The maximum Gasteiger partial charge on any atom is 0.341 e. The molecule has 2 aromatic carbocycles. The molecule has 0 aliphatic heterocycles. The number of hydrogen-bond acceptors (Lipinski definition) is 4. The number of amides is 2. The molecule has 0 saturated carbocycles. The zero-order chi connectivity index (χ0) is 19.2. The van der Waals surface area contributed by atoms with Gasteiger partial charge in [-0.1, -0.05) is 30.3 Å². The first-order valence-corrected chi connectivity index (χ1v) is 9.14. The Morgan fingerprint density at radius 3 is 2.41 bits per heavy atom. The van der Waals surface area contributed by atoms with Crippen LogP contribution >= 0.6 is 11.3 Å². The lowest BCUT2D eigenvalue weighted by molar-refractivity contribution is 0.0529. The highest BCUT2D eigenvalue weighted by Crippen LogP contribution is 2.36. The summed E-state index contributed by atoms with van der Waals surface area (Å²) in [4.78, 5) is 24.8. The first-order chi connectivity index (χ1) is 13.1. The van der Waals surface area contributed by atoms with E-state index in [1.165, 1.54) is 23.5 Å². The molecule has 1 aromatic heterocycles. The normalized spacial score (nSPS) is 10.3. The monoisotopic (exact) mass is 384 g/mol. The standard InChI is InChI=1S/C20H17FN2O3S/c1-2-26-19(24)17-16(13-8-10-14(21)11-9-13)12-27-18(17)23-20(25)22-15-6-4-3-5-7-15/h3-12H,2H2,1H3,(H2,22,23,25). The number of thiophene rings is 1. The van der Waals surface area contributed by atoms with Gasteiger partial charge in [0.15, 0.2) is 0 Å². The first-order valence-electron chi connectivity index (χ1n) is 8.26. The number of anilines is 2. The molecule has 1 heterocycles. The molecule has 0 aliphatic rings. The van der Waals surface area contributed by atoms with Gasteiger partial charge in [-0.05, 0) is 36.8 Å². The molecule has 0 fully saturated rings. The van der Waals surface area contributed by atoms with Gasteiger partial charge < -0.3 is 10.1 Å². The second-order valence-corrected chi connectivity index (χ2v) is 6.41. The highest BCUT2D eigenvalue weighted by Gasteiger charge is 2.22. The average molecular weight is 384 g/mol. The second-order valence-electron chi connectivity index (χ2n) is 5.53. The third-order valence-electron chi connectivity index (χ3n) is 3.68. The molecule has 0 bridgehead atoms. The van der Waals surface area contributed by atoms with Gasteiger partial charge in [-0.2, -0.15) is 0 Å². The van der Waals surface area contributed by atoms with Crippen LogP contribution in [0.4, 0.5) is 19.9 Å². The molecule has 7 heteroatoms. The molecule has 27 heavy (non-hydrogen) atoms. The van der Waals surface area contributed by atoms with E-state index in [-0.39, 0.29) is 18.0 Å². The van der Waals surface area contributed by atoms with Crippen molar-refractivity contribution in [2.75, 3.05) is 17.2 Å². The van der Waals surface area contributed by atoms with Crippen LogP contribution in [0.25, 0.3) is 11.1 Å². The number of hydrogen-bond donors (Lipinski definition) is 2. The number of nitrogens with one attached hydrogen (secondary N) is 2. The fraction of sp³-hybridized carbons (Fsp3) is 0.100. The van der Waals surface area contributed by atoms with Crippen molar-refractivity contribution in [2.24, 2.45) is 0 Å². The summed E-state index contributed by atoms with van der Waals surface area (Å²) < 4.78 is 18.3. The van der Waals surface area contributed by atoms with Crippen molar-refractivity contribution < 1.29 is 18.7 Å². The highest BCUT2D eigenvalue weighted by molar-refractivity contribution is 7.15. The molecular weight excluding hydrogens is 367 g/mol. The molecule has 0 atom stereocenters. The number of halogens is 1. The van der Waals surface area contributed by atoms with Crippen molar-refractivity contribution in [3.63, 3.8) is 0 Å². The van der Waals surface area contributed by atoms with Crippen LogP contribution in [-0.4, -0.2) is 18.6 Å². The van der Waals surface area contributed by atoms with E-state index in [0.29, 0.717) is 21.8 Å². The van der Waals surface area contributed by atoms with Crippen LogP contribution in [0, 0.1) is 5.82 Å². The number of carbonyl (C=O) groups is 2. The summed E-state index contributed by atoms with van der Waals surface area (Å²) in [6.07, 6.45) is 0. The first kappa shape index (κ1) is 18.6. The van der Waals surface area contributed by atoms with Crippen molar-refractivity contribution in [1.29, 1.82) is 0 Å². The van der Waals surface area contributed by atoms with E-state index < -0.39 is 12.0 Å². The van der Waals surface area contributed by atoms with Gasteiger partial charge in [0.1, 0.15) is 16.4 Å². The van der Waals surface area contributed by atoms with Crippen molar-refractivity contribution in [2.45, 2.75) is 6.92 Å². The lowest BCUT2D eigenvalue weighted by atomic mass is 10.0. The molecule has 138 valence electrons. The van der Waals surface area contributed by atoms with Gasteiger partial charge in [-0.15, -0.1) is 11.3 Å². The van der Waals surface area contributed by atoms with Gasteiger partial charge in [0.05, 0.1) is 6.61 Å². The summed E-state index contributed by atoms with van der Waals surface area (Å²) in [5.41, 5.74) is 2.11. The molecule has 0 unspecified atom stereocenters. The smallest absolute Gasteiger partial charge is 0.341 e. The van der Waals surface area contributed by atoms with Gasteiger partial charge >= 0.3 is 12.0 Å². The molecule has 5 nitrogen and oxygen atoms in total. The molecule has 3 aromatic rings. The summed E-state index contributed by atoms with van der Waals surface area (Å²) in [5, 5.41) is 7.49. The van der Waals surface area contributed by atoms with E-state index in [9.17, 15) is 14.0 Å². The van der Waals surface area contributed by atoms with E-state index in [1.807, 2.05) is 6.07 Å². The summed E-state index contributed by atoms with van der Waals surface area (Å²) in [7, 11) is 0. The molecule has 0 aliphatic carbocycles. The minimum absolute atomic E-state index is 0.202. The molecule has 0 saturated heterocycles. The maximum atomic E-state index is 13.2. The Kier molecular flexibility index (Phi) is 5.83. The molecule has 2 N–H and O–H groups in total. The lowest BCUT2D eigenvalue weighted by Gasteiger charge is -2.10. The number of esters is 1. The van der Waals surface area contributed by atoms with E-state index in [4.69, 9.17) is 4.74 Å². The zero-order valence-electron chi connectivity index (χ0n) is 14.5. The molecule has 2 amide bonds. The zero-order valence-corrected chi connectivity index (χ0v) is 15.3.